The Kier molecular flexibility index (Phi) is 5.80. The third kappa shape index (κ3) is 4.07. The molecular weight excluding hydrogens is 350 g/mol. The van der Waals surface area contributed by atoms with Gasteiger partial charge in [-0.3, -0.25) is 0 Å². The summed E-state index contributed by atoms with van der Waals surface area (Å²) in [6, 6.07) is 20.4. The van der Waals surface area contributed by atoms with E-state index in [0.29, 0.717) is 19.1 Å². The molecule has 3 rings (SSSR count). The highest BCUT2D eigenvalue weighted by Gasteiger charge is 2.64. The second kappa shape index (κ2) is 7.96. The van der Waals surface area contributed by atoms with Crippen LogP contribution >= 0.6 is 0 Å². The van der Waals surface area contributed by atoms with Gasteiger partial charge in [-0.1, -0.05) is 81.4 Å². The van der Waals surface area contributed by atoms with E-state index in [-0.39, 0.29) is 16.9 Å². The van der Waals surface area contributed by atoms with Crippen LogP contribution in [0.4, 0.5) is 4.79 Å². The SMILES string of the molecule is CN(C(=O)O)C(C(C)(C)C)[C@@]1(c2ccccc2)C[C@H]1COCc1ccccc1. The first-order valence-corrected chi connectivity index (χ1v) is 9.90. The van der Waals surface area contributed by atoms with E-state index >= 15 is 0 Å². The first-order chi connectivity index (χ1) is 13.3. The van der Waals surface area contributed by atoms with E-state index in [9.17, 15) is 9.90 Å². The first-order valence-electron chi connectivity index (χ1n) is 9.90. The maximum Gasteiger partial charge on any atom is 0.407 e. The van der Waals surface area contributed by atoms with Crippen molar-refractivity contribution < 1.29 is 14.6 Å². The summed E-state index contributed by atoms with van der Waals surface area (Å²) >= 11 is 0. The van der Waals surface area contributed by atoms with E-state index < -0.39 is 6.09 Å². The minimum Gasteiger partial charge on any atom is -0.465 e. The van der Waals surface area contributed by atoms with Gasteiger partial charge in [0.25, 0.3) is 0 Å². The summed E-state index contributed by atoms with van der Waals surface area (Å²) in [5, 5.41) is 9.76. The fourth-order valence-electron chi connectivity index (χ4n) is 4.85. The molecule has 150 valence electrons. The van der Waals surface area contributed by atoms with Crippen molar-refractivity contribution in [2.24, 2.45) is 11.3 Å². The first kappa shape index (κ1) is 20.4. The molecule has 1 fully saturated rings. The maximum absolute atomic E-state index is 11.9. The van der Waals surface area contributed by atoms with Gasteiger partial charge in [-0.25, -0.2) is 4.79 Å². The predicted molar refractivity (Wildman–Crippen MR) is 111 cm³/mol. The van der Waals surface area contributed by atoms with E-state index in [1.807, 2.05) is 36.4 Å². The van der Waals surface area contributed by atoms with Crippen LogP contribution in [0.3, 0.4) is 0 Å². The number of amides is 1. The lowest BCUT2D eigenvalue weighted by Crippen LogP contribution is -2.52. The van der Waals surface area contributed by atoms with Crippen LogP contribution < -0.4 is 0 Å². The molecule has 1 saturated carbocycles. The number of carboxylic acid groups (broad SMARTS) is 1. The van der Waals surface area contributed by atoms with Crippen LogP contribution in [0.2, 0.25) is 0 Å². The van der Waals surface area contributed by atoms with Crippen LogP contribution in [0.25, 0.3) is 0 Å². The Morgan fingerprint density at radius 3 is 2.25 bits per heavy atom. The second-order valence-corrected chi connectivity index (χ2v) is 8.97. The fourth-order valence-corrected chi connectivity index (χ4v) is 4.85. The highest BCUT2D eigenvalue weighted by molar-refractivity contribution is 5.66. The molecule has 2 aromatic rings. The number of hydrogen-bond donors (Lipinski definition) is 1. The van der Waals surface area contributed by atoms with Crippen molar-refractivity contribution in [1.29, 1.82) is 0 Å². The molecule has 1 aliphatic rings. The molecule has 0 radical (unpaired) electrons. The number of likely N-dealkylation sites (N-methyl/N-ethyl adjacent to an activating group) is 1. The van der Waals surface area contributed by atoms with Gasteiger partial charge in [0.2, 0.25) is 0 Å². The molecule has 4 nitrogen and oxygen atoms in total. The molecule has 0 heterocycles. The molecule has 0 bridgehead atoms. The van der Waals surface area contributed by atoms with Gasteiger partial charge in [-0.05, 0) is 28.9 Å². The average molecular weight is 382 g/mol. The zero-order valence-corrected chi connectivity index (χ0v) is 17.3. The highest BCUT2D eigenvalue weighted by atomic mass is 16.5. The highest BCUT2D eigenvalue weighted by Crippen LogP contribution is 2.61. The standard InChI is InChI=1S/C24H31NO3/c1-23(2,3)21(25(4)22(26)27)24(19-13-9-6-10-14-19)15-20(24)17-28-16-18-11-7-5-8-12-18/h5-14,20-21H,15-17H2,1-4H3,(H,26,27)/t20-,21?,24+/m0/s1. The van der Waals surface area contributed by atoms with Crippen molar-refractivity contribution in [3.63, 3.8) is 0 Å². The monoisotopic (exact) mass is 381 g/mol. The summed E-state index contributed by atoms with van der Waals surface area (Å²) in [6.45, 7) is 7.59. The molecule has 0 spiro atoms. The van der Waals surface area contributed by atoms with Gasteiger partial charge in [0.05, 0.1) is 13.2 Å². The summed E-state index contributed by atoms with van der Waals surface area (Å²) in [6.07, 6.45) is 0.0526. The van der Waals surface area contributed by atoms with Crippen LogP contribution in [0, 0.1) is 11.3 Å². The Bertz CT molecular complexity index is 785. The summed E-state index contributed by atoms with van der Waals surface area (Å²) in [5.41, 5.74) is 1.94. The van der Waals surface area contributed by atoms with Crippen LogP contribution in [0.5, 0.6) is 0 Å². The van der Waals surface area contributed by atoms with Crippen molar-refractivity contribution >= 4 is 6.09 Å². The summed E-state index contributed by atoms with van der Waals surface area (Å²) in [4.78, 5) is 13.4. The Morgan fingerprint density at radius 2 is 1.71 bits per heavy atom. The zero-order chi connectivity index (χ0) is 20.4. The van der Waals surface area contributed by atoms with Crippen LogP contribution in [0.1, 0.15) is 38.3 Å². The number of hydrogen-bond acceptors (Lipinski definition) is 2. The molecule has 1 aliphatic carbocycles. The molecule has 28 heavy (non-hydrogen) atoms. The Labute approximate surface area is 168 Å². The Hall–Kier alpha value is -2.33. The van der Waals surface area contributed by atoms with E-state index in [1.54, 1.807) is 7.05 Å². The number of benzene rings is 2. The quantitative estimate of drug-likeness (QED) is 0.718. The van der Waals surface area contributed by atoms with E-state index in [4.69, 9.17) is 4.74 Å². The van der Waals surface area contributed by atoms with Crippen molar-refractivity contribution in [3.8, 4) is 0 Å². The largest absolute Gasteiger partial charge is 0.465 e. The number of ether oxygens (including phenoxy) is 1. The van der Waals surface area contributed by atoms with E-state index in [1.165, 1.54) is 10.5 Å². The normalized spacial score (nSPS) is 22.5. The summed E-state index contributed by atoms with van der Waals surface area (Å²) in [7, 11) is 1.70. The minimum atomic E-state index is -0.883. The van der Waals surface area contributed by atoms with Gasteiger partial charge in [-0.2, -0.15) is 0 Å². The predicted octanol–water partition coefficient (Wildman–Crippen LogP) is 5.19. The molecule has 1 unspecified atom stereocenters. The molecule has 0 saturated heterocycles. The molecule has 0 aliphatic heterocycles. The van der Waals surface area contributed by atoms with E-state index in [0.717, 1.165) is 12.0 Å². The van der Waals surface area contributed by atoms with Crippen molar-refractivity contribution in [2.75, 3.05) is 13.7 Å². The lowest BCUT2D eigenvalue weighted by Gasteiger charge is -2.43. The molecule has 4 heteroatoms. The zero-order valence-electron chi connectivity index (χ0n) is 17.3. The van der Waals surface area contributed by atoms with Crippen LogP contribution in [-0.2, 0) is 16.8 Å². The number of nitrogens with zero attached hydrogens (tertiary/aromatic N) is 1. The lowest BCUT2D eigenvalue weighted by molar-refractivity contribution is 0.0591. The smallest absolute Gasteiger partial charge is 0.407 e. The van der Waals surface area contributed by atoms with Crippen molar-refractivity contribution in [3.05, 3.63) is 71.8 Å². The molecule has 2 aromatic carbocycles. The van der Waals surface area contributed by atoms with Gasteiger partial charge >= 0.3 is 6.09 Å². The average Bonchev–Trinajstić information content (AvgIpc) is 3.36. The number of rotatable bonds is 7. The summed E-state index contributed by atoms with van der Waals surface area (Å²) in [5.74, 6) is 0.296. The molecular formula is C24H31NO3. The van der Waals surface area contributed by atoms with Crippen molar-refractivity contribution in [2.45, 2.75) is 45.3 Å². The fraction of sp³-hybridized carbons (Fsp3) is 0.458. The summed E-state index contributed by atoms with van der Waals surface area (Å²) < 4.78 is 6.06. The van der Waals surface area contributed by atoms with Gasteiger partial charge in [0.1, 0.15) is 0 Å². The van der Waals surface area contributed by atoms with Crippen LogP contribution in [-0.4, -0.2) is 35.8 Å². The van der Waals surface area contributed by atoms with Crippen molar-refractivity contribution in [1.82, 2.24) is 4.90 Å². The Balaban J connectivity index is 1.85. The lowest BCUT2D eigenvalue weighted by atomic mass is 9.72. The maximum atomic E-state index is 11.9. The molecule has 0 aromatic heterocycles. The minimum absolute atomic E-state index is 0.134. The number of carbonyl (C=O) groups is 1. The van der Waals surface area contributed by atoms with Gasteiger partial charge in [0, 0.05) is 18.5 Å². The van der Waals surface area contributed by atoms with Gasteiger partial charge in [0.15, 0.2) is 0 Å². The Morgan fingerprint density at radius 1 is 1.14 bits per heavy atom. The van der Waals surface area contributed by atoms with E-state index in [2.05, 4.69) is 45.0 Å². The van der Waals surface area contributed by atoms with Crippen LogP contribution in [0.15, 0.2) is 60.7 Å². The molecule has 3 atom stereocenters. The third-order valence-corrected chi connectivity index (χ3v) is 5.89. The third-order valence-electron chi connectivity index (χ3n) is 5.89. The molecule has 1 amide bonds. The van der Waals surface area contributed by atoms with Gasteiger partial charge < -0.3 is 14.7 Å². The van der Waals surface area contributed by atoms with Gasteiger partial charge in [-0.15, -0.1) is 0 Å². The second-order valence-electron chi connectivity index (χ2n) is 8.97. The molecule has 1 N–H and O–H groups in total. The topological polar surface area (TPSA) is 49.8 Å².